The fourth-order valence-corrected chi connectivity index (χ4v) is 2.82. The van der Waals surface area contributed by atoms with Gasteiger partial charge < -0.3 is 4.57 Å². The van der Waals surface area contributed by atoms with Gasteiger partial charge in [0.05, 0.1) is 14.6 Å². The van der Waals surface area contributed by atoms with Gasteiger partial charge in [0.15, 0.2) is 0 Å². The molecule has 0 amide bonds. The van der Waals surface area contributed by atoms with Crippen molar-refractivity contribution in [3.63, 3.8) is 0 Å². The quantitative estimate of drug-likeness (QED) is 0.486. The molecule has 0 aliphatic carbocycles. The Morgan fingerprint density at radius 1 is 1.38 bits per heavy atom. The van der Waals surface area contributed by atoms with Gasteiger partial charge in [0.25, 0.3) is 0 Å². The van der Waals surface area contributed by atoms with Crippen LogP contribution in [-0.2, 0) is 13.0 Å². The lowest BCUT2D eigenvalue weighted by Crippen LogP contribution is -2.23. The van der Waals surface area contributed by atoms with Gasteiger partial charge in [0, 0.05) is 24.9 Å². The van der Waals surface area contributed by atoms with E-state index in [4.69, 9.17) is 11.6 Å². The Morgan fingerprint density at radius 2 is 2.05 bits per heavy atom. The van der Waals surface area contributed by atoms with Crippen molar-refractivity contribution in [2.24, 2.45) is 11.3 Å². The summed E-state index contributed by atoms with van der Waals surface area (Å²) in [5.41, 5.74) is 1.91. The molecule has 0 spiro atoms. The van der Waals surface area contributed by atoms with E-state index in [1.165, 1.54) is 0 Å². The molecule has 0 saturated heterocycles. The minimum atomic E-state index is -0.190. The van der Waals surface area contributed by atoms with Crippen LogP contribution in [0, 0.1) is 20.7 Å². The fourth-order valence-electron chi connectivity index (χ4n) is 2.20. The Balaban J connectivity index is 2.53. The maximum absolute atomic E-state index is 13.9. The van der Waals surface area contributed by atoms with Gasteiger partial charge in [-0.05, 0) is 40.0 Å². The van der Waals surface area contributed by atoms with Gasteiger partial charge in [0.1, 0.15) is 11.6 Å². The maximum atomic E-state index is 13.9. The predicted octanol–water partition coefficient (Wildman–Crippen LogP) is 5.24. The molecule has 0 fully saturated rings. The minimum absolute atomic E-state index is 0.190. The molecule has 0 saturated carbocycles. The molecular weight excluding hydrogens is 402 g/mol. The van der Waals surface area contributed by atoms with E-state index >= 15 is 0 Å². The lowest BCUT2D eigenvalue weighted by Gasteiger charge is -2.28. The summed E-state index contributed by atoms with van der Waals surface area (Å²) in [7, 11) is 0. The maximum Gasteiger partial charge on any atom is 0.138 e. The van der Waals surface area contributed by atoms with E-state index in [0.29, 0.717) is 21.8 Å². The molecule has 0 radical (unpaired) electrons. The molecule has 1 aromatic heterocycles. The van der Waals surface area contributed by atoms with E-state index < -0.39 is 0 Å². The molecule has 2 nitrogen and oxygen atoms in total. The van der Waals surface area contributed by atoms with Crippen LogP contribution in [0.1, 0.15) is 33.5 Å². The molecular formula is C16H21ClFIN2. The summed E-state index contributed by atoms with van der Waals surface area (Å²) in [6.07, 6.45) is 0.700. The summed E-state index contributed by atoms with van der Waals surface area (Å²) in [5.74, 6) is 1.72. The number of nitrogens with zero attached hydrogens (tertiary/aromatic N) is 2. The zero-order valence-electron chi connectivity index (χ0n) is 12.9. The molecule has 1 heterocycles. The first kappa shape index (κ1) is 17.0. The number of rotatable bonds is 4. The number of fused-ring (bicyclic) bond motifs is 1. The van der Waals surface area contributed by atoms with Gasteiger partial charge >= 0.3 is 0 Å². The van der Waals surface area contributed by atoms with Crippen LogP contribution in [0.15, 0.2) is 12.1 Å². The number of hydrogen-bond acceptors (Lipinski definition) is 1. The summed E-state index contributed by atoms with van der Waals surface area (Å²) in [6.45, 7) is 9.72. The zero-order chi connectivity index (χ0) is 15.8. The highest BCUT2D eigenvalue weighted by Gasteiger charge is 2.23. The third-order valence-corrected chi connectivity index (χ3v) is 5.14. The van der Waals surface area contributed by atoms with Crippen LogP contribution in [0.2, 0.25) is 0 Å². The van der Waals surface area contributed by atoms with Gasteiger partial charge in [-0.25, -0.2) is 9.37 Å². The number of alkyl halides is 1. The first-order valence-corrected chi connectivity index (χ1v) is 8.75. The molecule has 1 aromatic carbocycles. The van der Waals surface area contributed by atoms with Crippen LogP contribution in [-0.4, -0.2) is 15.4 Å². The van der Waals surface area contributed by atoms with E-state index in [2.05, 4.69) is 37.2 Å². The Labute approximate surface area is 144 Å². The van der Waals surface area contributed by atoms with Crippen molar-refractivity contribution in [3.05, 3.63) is 27.3 Å². The van der Waals surface area contributed by atoms with Crippen molar-refractivity contribution in [2.75, 3.05) is 5.88 Å². The lowest BCUT2D eigenvalue weighted by molar-refractivity contribution is 0.233. The third kappa shape index (κ3) is 3.70. The molecule has 0 bridgehead atoms. The number of benzene rings is 1. The van der Waals surface area contributed by atoms with Crippen LogP contribution < -0.4 is 0 Å². The lowest BCUT2D eigenvalue weighted by atomic mass is 9.82. The van der Waals surface area contributed by atoms with Crippen LogP contribution in [0.5, 0.6) is 0 Å². The summed E-state index contributed by atoms with van der Waals surface area (Å²) < 4.78 is 16.7. The van der Waals surface area contributed by atoms with Gasteiger partial charge in [-0.1, -0.05) is 27.7 Å². The standard InChI is InChI=1S/C16H21ClFIN2/c1-10(16(2,3)4)9-21-14-7-11(18)12(19)8-13(14)20-15(21)5-6-17/h7-8,10H,5-6,9H2,1-4H3. The van der Waals surface area contributed by atoms with Crippen molar-refractivity contribution in [1.29, 1.82) is 0 Å². The summed E-state index contributed by atoms with van der Waals surface area (Å²) in [5, 5.41) is 0. The van der Waals surface area contributed by atoms with Crippen LogP contribution in [0.3, 0.4) is 0 Å². The van der Waals surface area contributed by atoms with Gasteiger partial charge in [-0.2, -0.15) is 0 Å². The normalized spacial score (nSPS) is 13.9. The average Bonchev–Trinajstić information content (AvgIpc) is 2.67. The van der Waals surface area contributed by atoms with Crippen molar-refractivity contribution in [3.8, 4) is 0 Å². The fraction of sp³-hybridized carbons (Fsp3) is 0.562. The number of hydrogen-bond donors (Lipinski definition) is 0. The topological polar surface area (TPSA) is 17.8 Å². The molecule has 1 unspecified atom stereocenters. The predicted molar refractivity (Wildman–Crippen MR) is 95.5 cm³/mol. The largest absolute Gasteiger partial charge is 0.328 e. The highest BCUT2D eigenvalue weighted by molar-refractivity contribution is 14.1. The Bertz CT molecular complexity index is 646. The average molecular weight is 423 g/mol. The minimum Gasteiger partial charge on any atom is -0.328 e. The first-order valence-electron chi connectivity index (χ1n) is 7.14. The molecule has 0 N–H and O–H groups in total. The Morgan fingerprint density at radius 3 is 2.62 bits per heavy atom. The Hall–Kier alpha value is -0.360. The monoisotopic (exact) mass is 422 g/mol. The molecule has 21 heavy (non-hydrogen) atoms. The van der Waals surface area contributed by atoms with Crippen molar-refractivity contribution in [2.45, 2.75) is 40.7 Å². The zero-order valence-corrected chi connectivity index (χ0v) is 15.8. The second kappa shape index (κ2) is 6.41. The number of imidazole rings is 1. The molecule has 2 rings (SSSR count). The van der Waals surface area contributed by atoms with E-state index in [0.717, 1.165) is 23.4 Å². The number of halogens is 3. The highest BCUT2D eigenvalue weighted by atomic mass is 127. The van der Waals surface area contributed by atoms with E-state index in [1.807, 2.05) is 22.6 Å². The molecule has 2 aromatic rings. The van der Waals surface area contributed by atoms with E-state index in [-0.39, 0.29) is 11.2 Å². The summed E-state index contributed by atoms with van der Waals surface area (Å²) >= 11 is 7.90. The molecule has 1 atom stereocenters. The van der Waals surface area contributed by atoms with E-state index in [9.17, 15) is 4.39 Å². The van der Waals surface area contributed by atoms with Gasteiger partial charge in [0.2, 0.25) is 0 Å². The second-order valence-electron chi connectivity index (χ2n) is 6.60. The van der Waals surface area contributed by atoms with Crippen LogP contribution in [0.4, 0.5) is 4.39 Å². The van der Waals surface area contributed by atoms with E-state index in [1.54, 1.807) is 12.1 Å². The van der Waals surface area contributed by atoms with Gasteiger partial charge in [-0.3, -0.25) is 0 Å². The second-order valence-corrected chi connectivity index (χ2v) is 8.14. The molecule has 0 aliphatic heterocycles. The smallest absolute Gasteiger partial charge is 0.138 e. The summed E-state index contributed by atoms with van der Waals surface area (Å²) in [4.78, 5) is 4.65. The number of aromatic nitrogens is 2. The molecule has 116 valence electrons. The van der Waals surface area contributed by atoms with Crippen molar-refractivity contribution in [1.82, 2.24) is 9.55 Å². The molecule has 5 heteroatoms. The van der Waals surface area contributed by atoms with Crippen molar-refractivity contribution >= 4 is 45.2 Å². The van der Waals surface area contributed by atoms with Crippen molar-refractivity contribution < 1.29 is 4.39 Å². The van der Waals surface area contributed by atoms with Crippen LogP contribution >= 0.6 is 34.2 Å². The first-order chi connectivity index (χ1) is 9.74. The highest BCUT2D eigenvalue weighted by Crippen LogP contribution is 2.30. The molecule has 0 aliphatic rings. The van der Waals surface area contributed by atoms with Crippen LogP contribution in [0.25, 0.3) is 11.0 Å². The SMILES string of the molecule is CC(Cn1c(CCCl)nc2cc(I)c(F)cc21)C(C)(C)C. The number of aryl methyl sites for hydroxylation is 1. The Kier molecular flexibility index (Phi) is 5.19. The van der Waals surface area contributed by atoms with Gasteiger partial charge in [-0.15, -0.1) is 11.6 Å². The third-order valence-electron chi connectivity index (χ3n) is 4.12. The summed E-state index contributed by atoms with van der Waals surface area (Å²) in [6, 6.07) is 3.40.